The Bertz CT molecular complexity index is 611. The number of aryl methyl sites for hydroxylation is 1. The van der Waals surface area contributed by atoms with Gasteiger partial charge in [-0.05, 0) is 45.9 Å². The number of hydrogen-bond donors (Lipinski definition) is 0. The van der Waals surface area contributed by atoms with Crippen LogP contribution in [0, 0.1) is 6.92 Å². The molecule has 0 aliphatic heterocycles. The van der Waals surface area contributed by atoms with E-state index in [1.165, 1.54) is 4.57 Å². The first-order valence-electron chi connectivity index (χ1n) is 5.66. The number of rotatable bonds is 0. The van der Waals surface area contributed by atoms with E-state index in [2.05, 4.69) is 4.98 Å². The van der Waals surface area contributed by atoms with Gasteiger partial charge in [0.05, 0.1) is 11.0 Å². The van der Waals surface area contributed by atoms with E-state index in [1.807, 2.05) is 33.8 Å². The number of fused-ring (bicyclic) bond motifs is 1. The lowest BCUT2D eigenvalue weighted by Gasteiger charge is -2.20. The molecule has 0 bridgehead atoms. The average Bonchev–Trinajstić information content (AvgIpc) is 2.50. The van der Waals surface area contributed by atoms with Crippen molar-refractivity contribution < 1.29 is 9.53 Å². The number of ether oxygens (including phenoxy) is 1. The van der Waals surface area contributed by atoms with Gasteiger partial charge in [-0.2, -0.15) is 0 Å². The van der Waals surface area contributed by atoms with Crippen LogP contribution < -0.4 is 0 Å². The maximum absolute atomic E-state index is 12.1. The molecule has 0 spiro atoms. The van der Waals surface area contributed by atoms with Crippen molar-refractivity contribution in [2.45, 2.75) is 33.3 Å². The third-order valence-electron chi connectivity index (χ3n) is 2.38. The highest BCUT2D eigenvalue weighted by Gasteiger charge is 2.21. The molecule has 0 aliphatic rings. The van der Waals surface area contributed by atoms with Gasteiger partial charge in [-0.1, -0.05) is 11.6 Å². The van der Waals surface area contributed by atoms with Crippen molar-refractivity contribution in [2.24, 2.45) is 0 Å². The van der Waals surface area contributed by atoms with Gasteiger partial charge in [-0.25, -0.2) is 14.3 Å². The van der Waals surface area contributed by atoms with Gasteiger partial charge >= 0.3 is 6.09 Å². The van der Waals surface area contributed by atoms with E-state index < -0.39 is 11.7 Å². The number of aromatic nitrogens is 2. The summed E-state index contributed by atoms with van der Waals surface area (Å²) in [5.74, 6) is 0. The van der Waals surface area contributed by atoms with Gasteiger partial charge in [-0.15, -0.1) is 0 Å². The lowest BCUT2D eigenvalue weighted by Crippen LogP contribution is -2.27. The quantitative estimate of drug-likeness (QED) is 0.682. The summed E-state index contributed by atoms with van der Waals surface area (Å²) in [5, 5.41) is 0.406. The SMILES string of the molecule is Cc1cc2nc(Cl)ccc2n1C(=O)OC(C)(C)C. The minimum atomic E-state index is -0.528. The molecule has 0 amide bonds. The van der Waals surface area contributed by atoms with Crippen molar-refractivity contribution in [1.82, 2.24) is 9.55 Å². The number of halogens is 1. The molecule has 0 atom stereocenters. The smallest absolute Gasteiger partial charge is 0.419 e. The first-order chi connectivity index (χ1) is 8.28. The van der Waals surface area contributed by atoms with Crippen LogP contribution >= 0.6 is 11.6 Å². The average molecular weight is 267 g/mol. The third kappa shape index (κ3) is 2.48. The summed E-state index contributed by atoms with van der Waals surface area (Å²) in [6, 6.07) is 5.23. The minimum absolute atomic E-state index is 0.404. The lowest BCUT2D eigenvalue weighted by atomic mass is 10.2. The van der Waals surface area contributed by atoms with Gasteiger partial charge in [-0.3, -0.25) is 0 Å². The summed E-state index contributed by atoms with van der Waals surface area (Å²) in [5.41, 5.74) is 1.63. The Morgan fingerprint density at radius 1 is 1.39 bits per heavy atom. The normalized spacial score (nSPS) is 11.8. The molecular formula is C13H15ClN2O2. The molecule has 2 rings (SSSR count). The highest BCUT2D eigenvalue weighted by molar-refractivity contribution is 6.29. The van der Waals surface area contributed by atoms with E-state index in [0.29, 0.717) is 16.2 Å². The van der Waals surface area contributed by atoms with Crippen molar-refractivity contribution in [3.63, 3.8) is 0 Å². The second kappa shape index (κ2) is 4.28. The summed E-state index contributed by atoms with van der Waals surface area (Å²) in [6.07, 6.45) is -0.404. The predicted octanol–water partition coefficient (Wildman–Crippen LogP) is 3.78. The van der Waals surface area contributed by atoms with Gasteiger partial charge in [0.2, 0.25) is 0 Å². The molecule has 2 aromatic rings. The van der Waals surface area contributed by atoms with Gasteiger partial charge in [0.25, 0.3) is 0 Å². The van der Waals surface area contributed by atoms with Crippen LogP contribution in [0.2, 0.25) is 5.15 Å². The van der Waals surface area contributed by atoms with Crippen molar-refractivity contribution >= 4 is 28.7 Å². The molecule has 0 aliphatic carbocycles. The molecule has 0 N–H and O–H groups in total. The van der Waals surface area contributed by atoms with E-state index in [-0.39, 0.29) is 0 Å². The monoisotopic (exact) mass is 266 g/mol. The predicted molar refractivity (Wildman–Crippen MR) is 71.1 cm³/mol. The highest BCUT2D eigenvalue weighted by atomic mass is 35.5. The van der Waals surface area contributed by atoms with Crippen LogP contribution in [0.4, 0.5) is 4.79 Å². The standard InChI is InChI=1S/C13H15ClN2O2/c1-8-7-9-10(5-6-11(14)15-9)16(8)12(17)18-13(2,3)4/h5-7H,1-4H3. The first kappa shape index (κ1) is 12.9. The molecule has 2 aromatic heterocycles. The van der Waals surface area contributed by atoms with E-state index in [4.69, 9.17) is 16.3 Å². The third-order valence-corrected chi connectivity index (χ3v) is 2.59. The van der Waals surface area contributed by atoms with Crippen LogP contribution in [-0.4, -0.2) is 21.2 Å². The molecule has 2 heterocycles. The zero-order chi connectivity index (χ0) is 13.5. The van der Waals surface area contributed by atoms with E-state index >= 15 is 0 Å². The molecule has 5 heteroatoms. The molecule has 0 radical (unpaired) electrons. The summed E-state index contributed by atoms with van der Waals surface area (Å²) in [6.45, 7) is 7.34. The summed E-state index contributed by atoms with van der Waals surface area (Å²) in [4.78, 5) is 16.3. The Morgan fingerprint density at radius 3 is 2.67 bits per heavy atom. The van der Waals surface area contributed by atoms with Crippen molar-refractivity contribution in [3.05, 3.63) is 29.0 Å². The zero-order valence-corrected chi connectivity index (χ0v) is 11.6. The zero-order valence-electron chi connectivity index (χ0n) is 10.8. The van der Waals surface area contributed by atoms with Gasteiger partial charge in [0, 0.05) is 5.69 Å². The van der Waals surface area contributed by atoms with Crippen molar-refractivity contribution in [2.75, 3.05) is 0 Å². The Morgan fingerprint density at radius 2 is 2.06 bits per heavy atom. The molecular weight excluding hydrogens is 252 g/mol. The van der Waals surface area contributed by atoms with Crippen LogP contribution in [0.1, 0.15) is 26.5 Å². The number of nitrogens with zero attached hydrogens (tertiary/aromatic N) is 2. The maximum Gasteiger partial charge on any atom is 0.419 e. The molecule has 0 saturated carbocycles. The first-order valence-corrected chi connectivity index (χ1v) is 6.04. The molecule has 0 aromatic carbocycles. The summed E-state index contributed by atoms with van der Waals surface area (Å²) >= 11 is 5.83. The maximum atomic E-state index is 12.1. The second-order valence-electron chi connectivity index (χ2n) is 5.14. The molecule has 0 saturated heterocycles. The Labute approximate surface area is 111 Å². The fraction of sp³-hybridized carbons (Fsp3) is 0.385. The summed E-state index contributed by atoms with van der Waals surface area (Å²) < 4.78 is 6.87. The van der Waals surface area contributed by atoms with Crippen molar-refractivity contribution in [3.8, 4) is 0 Å². The topological polar surface area (TPSA) is 44.1 Å². The van der Waals surface area contributed by atoms with E-state index in [1.54, 1.807) is 12.1 Å². The molecule has 96 valence electrons. The van der Waals surface area contributed by atoms with E-state index in [9.17, 15) is 4.79 Å². The van der Waals surface area contributed by atoms with Gasteiger partial charge in [0.15, 0.2) is 0 Å². The van der Waals surface area contributed by atoms with Crippen LogP contribution in [0.15, 0.2) is 18.2 Å². The minimum Gasteiger partial charge on any atom is -0.443 e. The number of carbonyl (C=O) groups excluding carboxylic acids is 1. The Hall–Kier alpha value is -1.55. The Balaban J connectivity index is 2.51. The molecule has 0 unspecified atom stereocenters. The van der Waals surface area contributed by atoms with Gasteiger partial charge in [0.1, 0.15) is 10.8 Å². The van der Waals surface area contributed by atoms with E-state index in [0.717, 1.165) is 5.69 Å². The lowest BCUT2D eigenvalue weighted by molar-refractivity contribution is 0.0541. The number of pyridine rings is 1. The fourth-order valence-corrected chi connectivity index (χ4v) is 1.89. The molecule has 4 nitrogen and oxygen atoms in total. The Kier molecular flexibility index (Phi) is 3.07. The van der Waals surface area contributed by atoms with Crippen LogP contribution in [0.25, 0.3) is 11.0 Å². The van der Waals surface area contributed by atoms with Gasteiger partial charge < -0.3 is 4.74 Å². The second-order valence-corrected chi connectivity index (χ2v) is 5.53. The van der Waals surface area contributed by atoms with Crippen LogP contribution in [0.3, 0.4) is 0 Å². The van der Waals surface area contributed by atoms with Crippen LogP contribution in [0.5, 0.6) is 0 Å². The molecule has 18 heavy (non-hydrogen) atoms. The van der Waals surface area contributed by atoms with Crippen molar-refractivity contribution in [1.29, 1.82) is 0 Å². The number of hydrogen-bond acceptors (Lipinski definition) is 3. The fourth-order valence-electron chi connectivity index (χ4n) is 1.74. The highest BCUT2D eigenvalue weighted by Crippen LogP contribution is 2.21. The molecule has 0 fully saturated rings. The summed E-state index contributed by atoms with van der Waals surface area (Å²) in [7, 11) is 0. The largest absolute Gasteiger partial charge is 0.443 e. The van der Waals surface area contributed by atoms with Crippen LogP contribution in [-0.2, 0) is 4.74 Å². The number of carbonyl (C=O) groups is 1.